The van der Waals surface area contributed by atoms with Gasteiger partial charge in [0.15, 0.2) is 5.65 Å². The smallest absolute Gasteiger partial charge is 0.253 e. The molecule has 0 N–H and O–H groups in total. The van der Waals surface area contributed by atoms with Crippen molar-refractivity contribution in [3.05, 3.63) is 30.5 Å². The third kappa shape index (κ3) is 0.881. The minimum atomic E-state index is 0.304. The third-order valence-corrected chi connectivity index (χ3v) is 1.38. The highest BCUT2D eigenvalue weighted by Gasteiger charge is 1.95. The second kappa shape index (κ2) is 2.16. The lowest BCUT2D eigenvalue weighted by atomic mass is 10.4. The SMILES string of the molecule is O=[C]c1ccn2cncc2n1. The van der Waals surface area contributed by atoms with E-state index in [-0.39, 0.29) is 0 Å². The van der Waals surface area contributed by atoms with E-state index in [0.29, 0.717) is 11.3 Å². The van der Waals surface area contributed by atoms with Crippen molar-refractivity contribution in [2.75, 3.05) is 0 Å². The fourth-order valence-electron chi connectivity index (χ4n) is 0.868. The fourth-order valence-corrected chi connectivity index (χ4v) is 0.868. The summed E-state index contributed by atoms with van der Waals surface area (Å²) in [6.45, 7) is 0. The van der Waals surface area contributed by atoms with Gasteiger partial charge in [0.2, 0.25) is 0 Å². The molecule has 0 aliphatic rings. The molecule has 0 aliphatic heterocycles. The molecule has 0 bridgehead atoms. The average molecular weight is 146 g/mol. The summed E-state index contributed by atoms with van der Waals surface area (Å²) < 4.78 is 1.72. The Bertz CT molecular complexity index is 393. The van der Waals surface area contributed by atoms with Gasteiger partial charge in [-0.1, -0.05) is 0 Å². The summed E-state index contributed by atoms with van der Waals surface area (Å²) in [7, 11) is 0. The van der Waals surface area contributed by atoms with E-state index in [2.05, 4.69) is 9.97 Å². The molecule has 0 unspecified atom stereocenters. The van der Waals surface area contributed by atoms with Crippen LogP contribution < -0.4 is 0 Å². The molecule has 0 aliphatic carbocycles. The van der Waals surface area contributed by atoms with Gasteiger partial charge < -0.3 is 0 Å². The first kappa shape index (κ1) is 6.03. The molecule has 2 aromatic rings. The Hall–Kier alpha value is -1.71. The Kier molecular flexibility index (Phi) is 1.18. The number of imidazole rings is 1. The van der Waals surface area contributed by atoms with Crippen molar-refractivity contribution >= 4 is 11.9 Å². The molecular formula is C7H4N3O. The quantitative estimate of drug-likeness (QED) is 0.576. The van der Waals surface area contributed by atoms with Gasteiger partial charge in [0.05, 0.1) is 6.20 Å². The van der Waals surface area contributed by atoms with Crippen LogP contribution in [0.2, 0.25) is 0 Å². The number of fused-ring (bicyclic) bond motifs is 1. The zero-order valence-corrected chi connectivity index (χ0v) is 5.56. The number of nitrogens with zero attached hydrogens (tertiary/aromatic N) is 3. The molecule has 0 atom stereocenters. The van der Waals surface area contributed by atoms with Crippen LogP contribution in [0, 0.1) is 0 Å². The van der Waals surface area contributed by atoms with E-state index in [1.807, 2.05) is 0 Å². The van der Waals surface area contributed by atoms with E-state index in [4.69, 9.17) is 0 Å². The van der Waals surface area contributed by atoms with Gasteiger partial charge in [-0.15, -0.1) is 0 Å². The van der Waals surface area contributed by atoms with Crippen LogP contribution in [-0.4, -0.2) is 20.7 Å². The van der Waals surface area contributed by atoms with Crippen molar-refractivity contribution < 1.29 is 4.79 Å². The van der Waals surface area contributed by atoms with E-state index >= 15 is 0 Å². The first-order valence-corrected chi connectivity index (χ1v) is 3.07. The lowest BCUT2D eigenvalue weighted by molar-refractivity contribution is 0.561. The zero-order chi connectivity index (χ0) is 7.68. The molecule has 0 saturated carbocycles. The molecule has 0 spiro atoms. The summed E-state index contributed by atoms with van der Waals surface area (Å²) in [4.78, 5) is 17.9. The first-order valence-electron chi connectivity index (χ1n) is 3.07. The van der Waals surface area contributed by atoms with Crippen molar-refractivity contribution in [1.29, 1.82) is 0 Å². The van der Waals surface area contributed by atoms with Crippen LogP contribution in [0.25, 0.3) is 5.65 Å². The van der Waals surface area contributed by atoms with Crippen LogP contribution in [0.5, 0.6) is 0 Å². The third-order valence-electron chi connectivity index (χ3n) is 1.38. The Balaban J connectivity index is 2.76. The summed E-state index contributed by atoms with van der Waals surface area (Å²) in [6, 6.07) is 1.58. The second-order valence-corrected chi connectivity index (χ2v) is 2.07. The maximum absolute atomic E-state index is 10.2. The first-order chi connectivity index (χ1) is 5.40. The van der Waals surface area contributed by atoms with Gasteiger partial charge in [-0.05, 0) is 6.07 Å². The lowest BCUT2D eigenvalue weighted by Gasteiger charge is -1.90. The highest BCUT2D eigenvalue weighted by Crippen LogP contribution is 1.97. The zero-order valence-electron chi connectivity index (χ0n) is 5.56. The molecule has 0 saturated heterocycles. The van der Waals surface area contributed by atoms with E-state index in [1.165, 1.54) is 0 Å². The topological polar surface area (TPSA) is 47.3 Å². The lowest BCUT2D eigenvalue weighted by Crippen LogP contribution is -1.90. The van der Waals surface area contributed by atoms with Crippen molar-refractivity contribution in [3.63, 3.8) is 0 Å². The summed E-state index contributed by atoms with van der Waals surface area (Å²) in [5.74, 6) is 0. The van der Waals surface area contributed by atoms with E-state index < -0.39 is 0 Å². The molecule has 0 amide bonds. The highest BCUT2D eigenvalue weighted by atomic mass is 16.1. The minimum Gasteiger partial charge on any atom is -0.291 e. The van der Waals surface area contributed by atoms with Crippen molar-refractivity contribution in [3.8, 4) is 0 Å². The van der Waals surface area contributed by atoms with Crippen LogP contribution in [0.1, 0.15) is 5.69 Å². The average Bonchev–Trinajstić information content (AvgIpc) is 2.50. The summed E-state index contributed by atoms with van der Waals surface area (Å²) in [5.41, 5.74) is 0.962. The van der Waals surface area contributed by atoms with Gasteiger partial charge >= 0.3 is 0 Å². The van der Waals surface area contributed by atoms with Gasteiger partial charge in [-0.3, -0.25) is 9.20 Å². The largest absolute Gasteiger partial charge is 0.291 e. The van der Waals surface area contributed by atoms with E-state index in [9.17, 15) is 4.79 Å². The molecular weight excluding hydrogens is 142 g/mol. The number of rotatable bonds is 1. The minimum absolute atomic E-state index is 0.304. The van der Waals surface area contributed by atoms with Gasteiger partial charge in [-0.2, -0.15) is 0 Å². The van der Waals surface area contributed by atoms with Crippen molar-refractivity contribution in [2.45, 2.75) is 0 Å². The molecule has 2 heterocycles. The van der Waals surface area contributed by atoms with Crippen LogP contribution in [-0.2, 0) is 4.79 Å². The Morgan fingerprint density at radius 1 is 1.55 bits per heavy atom. The fraction of sp³-hybridized carbons (Fsp3) is 0. The second-order valence-electron chi connectivity index (χ2n) is 2.07. The van der Waals surface area contributed by atoms with E-state index in [1.54, 1.807) is 35.5 Å². The van der Waals surface area contributed by atoms with Crippen LogP contribution >= 0.6 is 0 Å². The molecule has 1 radical (unpaired) electrons. The Labute approximate surface area is 62.5 Å². The molecule has 53 valence electrons. The number of hydrogen-bond donors (Lipinski definition) is 0. The van der Waals surface area contributed by atoms with Gasteiger partial charge in [0.25, 0.3) is 6.29 Å². The van der Waals surface area contributed by atoms with E-state index in [0.717, 1.165) is 0 Å². The number of carbonyl (C=O) groups excluding carboxylic acids is 1. The van der Waals surface area contributed by atoms with Crippen molar-refractivity contribution in [2.24, 2.45) is 0 Å². The Morgan fingerprint density at radius 3 is 3.27 bits per heavy atom. The van der Waals surface area contributed by atoms with Gasteiger partial charge in [-0.25, -0.2) is 9.97 Å². The van der Waals surface area contributed by atoms with Crippen LogP contribution in [0.4, 0.5) is 0 Å². The maximum Gasteiger partial charge on any atom is 0.253 e. The molecule has 2 aromatic heterocycles. The molecule has 4 nitrogen and oxygen atoms in total. The van der Waals surface area contributed by atoms with Crippen LogP contribution in [0.3, 0.4) is 0 Å². The molecule has 11 heavy (non-hydrogen) atoms. The predicted molar refractivity (Wildman–Crippen MR) is 37.8 cm³/mol. The Morgan fingerprint density at radius 2 is 2.45 bits per heavy atom. The summed E-state index contributed by atoms with van der Waals surface area (Å²) in [6.07, 6.45) is 6.63. The summed E-state index contributed by atoms with van der Waals surface area (Å²) in [5, 5.41) is 0. The summed E-state index contributed by atoms with van der Waals surface area (Å²) >= 11 is 0. The maximum atomic E-state index is 10.2. The van der Waals surface area contributed by atoms with Crippen LogP contribution in [0.15, 0.2) is 24.8 Å². The molecule has 4 heteroatoms. The molecule has 2 rings (SSSR count). The number of hydrogen-bond acceptors (Lipinski definition) is 3. The van der Waals surface area contributed by atoms with Crippen molar-refractivity contribution in [1.82, 2.24) is 14.4 Å². The molecule has 0 aromatic carbocycles. The predicted octanol–water partition coefficient (Wildman–Crippen LogP) is 0.187. The highest BCUT2D eigenvalue weighted by molar-refractivity contribution is 5.72. The van der Waals surface area contributed by atoms with Gasteiger partial charge in [0.1, 0.15) is 12.0 Å². The van der Waals surface area contributed by atoms with Gasteiger partial charge in [0, 0.05) is 6.20 Å². The normalized spacial score (nSPS) is 10.2. The number of aromatic nitrogens is 3. The standard InChI is InChI=1S/C7H4N3O/c11-4-6-1-2-10-5-8-3-7(10)9-6/h1-3,5H. The molecule has 0 fully saturated rings. The monoisotopic (exact) mass is 146 g/mol.